The Balaban J connectivity index is 2.22. The van der Waals surface area contributed by atoms with E-state index < -0.39 is 0 Å². The van der Waals surface area contributed by atoms with Crippen LogP contribution in [0.5, 0.6) is 0 Å². The molecule has 0 bridgehead atoms. The van der Waals surface area contributed by atoms with Gasteiger partial charge in [-0.2, -0.15) is 0 Å². The Kier molecular flexibility index (Phi) is 3.23. The van der Waals surface area contributed by atoms with Crippen molar-refractivity contribution in [1.82, 2.24) is 5.16 Å². The number of hydrogen-bond donors (Lipinski definition) is 2. The smallest absolute Gasteiger partial charge is 0.360 e. The summed E-state index contributed by atoms with van der Waals surface area (Å²) in [7, 11) is 0. The highest BCUT2D eigenvalue weighted by Gasteiger charge is 2.22. The standard InChI is InChI=1S/C10H16N2O3/c11-4-1-8-9(12-15-10(8)13)7-2-5-14-6-3-7/h7,12H,1-6,11H2. The number of aromatic nitrogens is 1. The summed E-state index contributed by atoms with van der Waals surface area (Å²) < 4.78 is 10.1. The van der Waals surface area contributed by atoms with Gasteiger partial charge in [-0.3, -0.25) is 0 Å². The minimum Gasteiger partial charge on any atom is -0.381 e. The molecule has 84 valence electrons. The number of H-pyrrole nitrogens is 1. The predicted molar refractivity (Wildman–Crippen MR) is 54.9 cm³/mol. The van der Waals surface area contributed by atoms with Gasteiger partial charge in [0, 0.05) is 19.1 Å². The molecular formula is C10H16N2O3. The lowest BCUT2D eigenvalue weighted by molar-refractivity contribution is 0.0836. The Morgan fingerprint density at radius 3 is 2.80 bits per heavy atom. The van der Waals surface area contributed by atoms with Gasteiger partial charge in [0.25, 0.3) is 0 Å². The Hall–Kier alpha value is -1.07. The normalized spacial score (nSPS) is 18.2. The fourth-order valence-electron chi connectivity index (χ4n) is 2.03. The van der Waals surface area contributed by atoms with Crippen LogP contribution >= 0.6 is 0 Å². The third kappa shape index (κ3) is 2.13. The summed E-state index contributed by atoms with van der Waals surface area (Å²) >= 11 is 0. The van der Waals surface area contributed by atoms with Crippen LogP contribution in [0.1, 0.15) is 30.0 Å². The molecule has 1 aromatic rings. The lowest BCUT2D eigenvalue weighted by Crippen LogP contribution is -2.18. The van der Waals surface area contributed by atoms with Crippen LogP contribution < -0.4 is 11.4 Å². The first-order valence-corrected chi connectivity index (χ1v) is 5.31. The number of rotatable bonds is 3. The van der Waals surface area contributed by atoms with Gasteiger partial charge in [-0.1, -0.05) is 0 Å². The van der Waals surface area contributed by atoms with Gasteiger partial charge in [0.2, 0.25) is 0 Å². The molecule has 15 heavy (non-hydrogen) atoms. The van der Waals surface area contributed by atoms with Gasteiger partial charge in [-0.05, 0) is 25.8 Å². The van der Waals surface area contributed by atoms with Gasteiger partial charge in [0.1, 0.15) is 0 Å². The largest absolute Gasteiger partial charge is 0.381 e. The number of nitrogens with one attached hydrogen (secondary N) is 1. The van der Waals surface area contributed by atoms with E-state index in [0.717, 1.165) is 31.7 Å². The maximum atomic E-state index is 11.4. The second-order valence-electron chi connectivity index (χ2n) is 3.81. The summed E-state index contributed by atoms with van der Waals surface area (Å²) in [6, 6.07) is 0. The van der Waals surface area contributed by atoms with Crippen LogP contribution in [0, 0.1) is 0 Å². The molecule has 1 fully saturated rings. The lowest BCUT2D eigenvalue weighted by Gasteiger charge is -2.21. The van der Waals surface area contributed by atoms with Crippen molar-refractivity contribution < 1.29 is 9.26 Å². The van der Waals surface area contributed by atoms with Gasteiger partial charge in [-0.25, -0.2) is 9.95 Å². The molecule has 1 saturated heterocycles. The zero-order valence-corrected chi connectivity index (χ0v) is 8.62. The van der Waals surface area contributed by atoms with Crippen molar-refractivity contribution in [2.75, 3.05) is 19.8 Å². The summed E-state index contributed by atoms with van der Waals surface area (Å²) in [5, 5.41) is 2.73. The molecule has 3 N–H and O–H groups in total. The number of aromatic amines is 1. The van der Waals surface area contributed by atoms with E-state index in [-0.39, 0.29) is 5.63 Å². The molecule has 0 spiro atoms. The summed E-state index contributed by atoms with van der Waals surface area (Å²) in [6.07, 6.45) is 2.46. The van der Waals surface area contributed by atoms with E-state index in [1.807, 2.05) is 0 Å². The average Bonchev–Trinajstić information content (AvgIpc) is 2.63. The molecule has 2 rings (SSSR count). The van der Waals surface area contributed by atoms with E-state index in [1.165, 1.54) is 0 Å². The second-order valence-corrected chi connectivity index (χ2v) is 3.81. The van der Waals surface area contributed by atoms with Crippen molar-refractivity contribution in [3.8, 4) is 0 Å². The van der Waals surface area contributed by atoms with E-state index in [0.29, 0.717) is 24.4 Å². The molecule has 2 heterocycles. The SMILES string of the molecule is NCCc1c(C2CCOCC2)[nH]oc1=O. The van der Waals surface area contributed by atoms with Gasteiger partial charge in [0.15, 0.2) is 0 Å². The molecule has 1 aliphatic heterocycles. The Morgan fingerprint density at radius 1 is 1.40 bits per heavy atom. The molecule has 5 heteroatoms. The average molecular weight is 212 g/mol. The molecule has 0 atom stereocenters. The highest BCUT2D eigenvalue weighted by Crippen LogP contribution is 2.26. The van der Waals surface area contributed by atoms with Crippen LogP contribution in [-0.4, -0.2) is 24.9 Å². The molecule has 0 saturated carbocycles. The molecular weight excluding hydrogens is 196 g/mol. The first-order valence-electron chi connectivity index (χ1n) is 5.31. The zero-order valence-electron chi connectivity index (χ0n) is 8.62. The quantitative estimate of drug-likeness (QED) is 0.758. The third-order valence-corrected chi connectivity index (χ3v) is 2.85. The first-order chi connectivity index (χ1) is 7.33. The fraction of sp³-hybridized carbons (Fsp3) is 0.700. The minimum absolute atomic E-state index is 0.276. The number of hydrogen-bond acceptors (Lipinski definition) is 4. The van der Waals surface area contributed by atoms with Gasteiger partial charge in [0.05, 0.1) is 11.3 Å². The first kappa shape index (κ1) is 10.4. The molecule has 1 aliphatic rings. The van der Waals surface area contributed by atoms with Crippen molar-refractivity contribution in [3.05, 3.63) is 21.7 Å². The van der Waals surface area contributed by atoms with Crippen LogP contribution in [0.25, 0.3) is 0 Å². The van der Waals surface area contributed by atoms with Gasteiger partial charge < -0.3 is 15.0 Å². The topological polar surface area (TPSA) is 81.2 Å². The Bertz CT molecular complexity index is 363. The summed E-state index contributed by atoms with van der Waals surface area (Å²) in [5.74, 6) is 0.353. The maximum absolute atomic E-state index is 11.4. The predicted octanol–water partition coefficient (Wildman–Crippen LogP) is 0.363. The van der Waals surface area contributed by atoms with Crippen molar-refractivity contribution in [3.63, 3.8) is 0 Å². The third-order valence-electron chi connectivity index (χ3n) is 2.85. The summed E-state index contributed by atoms with van der Waals surface area (Å²) in [4.78, 5) is 11.4. The van der Waals surface area contributed by atoms with E-state index in [1.54, 1.807) is 0 Å². The number of ether oxygens (including phenoxy) is 1. The molecule has 0 aliphatic carbocycles. The Morgan fingerprint density at radius 2 is 2.13 bits per heavy atom. The van der Waals surface area contributed by atoms with E-state index in [4.69, 9.17) is 15.0 Å². The van der Waals surface area contributed by atoms with Crippen LogP contribution in [0.15, 0.2) is 9.32 Å². The highest BCUT2D eigenvalue weighted by molar-refractivity contribution is 5.20. The Labute approximate surface area is 87.6 Å². The van der Waals surface area contributed by atoms with Crippen LogP contribution in [-0.2, 0) is 11.2 Å². The maximum Gasteiger partial charge on any atom is 0.360 e. The molecule has 1 aromatic heterocycles. The molecule has 0 radical (unpaired) electrons. The molecule has 0 amide bonds. The molecule has 5 nitrogen and oxygen atoms in total. The van der Waals surface area contributed by atoms with Crippen LogP contribution in [0.2, 0.25) is 0 Å². The van der Waals surface area contributed by atoms with E-state index >= 15 is 0 Å². The monoisotopic (exact) mass is 212 g/mol. The van der Waals surface area contributed by atoms with E-state index in [9.17, 15) is 4.79 Å². The van der Waals surface area contributed by atoms with Gasteiger partial charge in [-0.15, -0.1) is 0 Å². The second kappa shape index (κ2) is 4.63. The van der Waals surface area contributed by atoms with Gasteiger partial charge >= 0.3 is 5.63 Å². The molecule has 0 unspecified atom stereocenters. The van der Waals surface area contributed by atoms with Crippen molar-refractivity contribution >= 4 is 0 Å². The van der Waals surface area contributed by atoms with Crippen molar-refractivity contribution in [2.45, 2.75) is 25.2 Å². The fourth-order valence-corrected chi connectivity index (χ4v) is 2.03. The summed E-state index contributed by atoms with van der Waals surface area (Å²) in [6.45, 7) is 1.97. The van der Waals surface area contributed by atoms with Crippen molar-refractivity contribution in [2.24, 2.45) is 5.73 Å². The zero-order chi connectivity index (χ0) is 10.7. The number of nitrogens with two attached hydrogens (primary N) is 1. The van der Waals surface area contributed by atoms with Crippen LogP contribution in [0.4, 0.5) is 0 Å². The van der Waals surface area contributed by atoms with Crippen LogP contribution in [0.3, 0.4) is 0 Å². The molecule has 0 aromatic carbocycles. The van der Waals surface area contributed by atoms with E-state index in [2.05, 4.69) is 5.16 Å². The minimum atomic E-state index is -0.276. The highest BCUT2D eigenvalue weighted by atomic mass is 16.5. The lowest BCUT2D eigenvalue weighted by atomic mass is 9.93. The summed E-state index contributed by atoms with van der Waals surface area (Å²) in [5.41, 5.74) is 6.83. The van der Waals surface area contributed by atoms with Crippen molar-refractivity contribution in [1.29, 1.82) is 0 Å².